The number of nitrogens with one attached hydrogen (secondary N) is 3. The highest BCUT2D eigenvalue weighted by Gasteiger charge is 2.04. The molecule has 3 rings (SSSR count). The molecule has 148 valence electrons. The fraction of sp³-hybridized carbons (Fsp3) is 0.0909. The average molecular weight is 409 g/mol. The van der Waals surface area contributed by atoms with Gasteiger partial charge in [-0.3, -0.25) is 15.6 Å². The smallest absolute Gasteiger partial charge is 0.276 e. The van der Waals surface area contributed by atoms with Crippen LogP contribution in [0.5, 0.6) is 5.75 Å². The highest BCUT2D eigenvalue weighted by molar-refractivity contribution is 7.80. The van der Waals surface area contributed by atoms with Gasteiger partial charge in [0.1, 0.15) is 11.6 Å². The zero-order valence-corrected chi connectivity index (χ0v) is 16.3. The van der Waals surface area contributed by atoms with Gasteiger partial charge in [-0.15, -0.1) is 0 Å². The normalized spacial score (nSPS) is 10.1. The van der Waals surface area contributed by atoms with E-state index in [2.05, 4.69) is 16.2 Å². The van der Waals surface area contributed by atoms with Crippen LogP contribution in [-0.4, -0.2) is 17.6 Å². The van der Waals surface area contributed by atoms with Crippen LogP contribution in [0.1, 0.15) is 5.56 Å². The van der Waals surface area contributed by atoms with Crippen LogP contribution in [0, 0.1) is 5.82 Å². The van der Waals surface area contributed by atoms with E-state index in [1.807, 2.05) is 54.6 Å². The molecule has 0 aliphatic heterocycles. The van der Waals surface area contributed by atoms with E-state index in [0.29, 0.717) is 12.3 Å². The van der Waals surface area contributed by atoms with Gasteiger partial charge in [0.05, 0.1) is 0 Å². The molecule has 29 heavy (non-hydrogen) atoms. The lowest BCUT2D eigenvalue weighted by Gasteiger charge is -2.12. The fourth-order valence-electron chi connectivity index (χ4n) is 2.51. The fourth-order valence-corrected chi connectivity index (χ4v) is 2.64. The number of rotatable bonds is 6. The molecule has 1 amide bonds. The van der Waals surface area contributed by atoms with Gasteiger partial charge in [0, 0.05) is 6.54 Å². The molecule has 0 atom stereocenters. The summed E-state index contributed by atoms with van der Waals surface area (Å²) in [5.74, 6) is -0.0728. The van der Waals surface area contributed by atoms with Crippen molar-refractivity contribution in [1.82, 2.24) is 16.2 Å². The van der Waals surface area contributed by atoms with E-state index in [9.17, 15) is 9.18 Å². The third-order valence-corrected chi connectivity index (χ3v) is 4.26. The van der Waals surface area contributed by atoms with Crippen LogP contribution in [0.2, 0.25) is 0 Å². The number of halogens is 1. The number of hydrogen-bond donors (Lipinski definition) is 3. The molecule has 3 N–H and O–H groups in total. The summed E-state index contributed by atoms with van der Waals surface area (Å²) in [4.78, 5) is 11.9. The van der Waals surface area contributed by atoms with Crippen LogP contribution in [0.4, 0.5) is 4.39 Å². The van der Waals surface area contributed by atoms with E-state index in [-0.39, 0.29) is 23.4 Å². The topological polar surface area (TPSA) is 62.4 Å². The zero-order chi connectivity index (χ0) is 20.5. The Hall–Kier alpha value is -3.45. The summed E-state index contributed by atoms with van der Waals surface area (Å²) in [5.41, 5.74) is 8.10. The Morgan fingerprint density at radius 1 is 0.862 bits per heavy atom. The van der Waals surface area contributed by atoms with Crippen LogP contribution in [0.3, 0.4) is 0 Å². The number of benzene rings is 3. The minimum atomic E-state index is -0.372. The minimum Gasteiger partial charge on any atom is -0.484 e. The summed E-state index contributed by atoms with van der Waals surface area (Å²) in [6.45, 7) is 0.254. The maximum atomic E-state index is 12.9. The van der Waals surface area contributed by atoms with Gasteiger partial charge in [0.15, 0.2) is 11.7 Å². The Morgan fingerprint density at radius 2 is 1.52 bits per heavy atom. The SMILES string of the molecule is O=C(COc1ccc(-c2ccccc2)cc1)NNC(=S)NCc1ccc(F)cc1. The monoisotopic (exact) mass is 409 g/mol. The molecule has 0 fully saturated rings. The number of amides is 1. The second kappa shape index (κ2) is 10.2. The molecule has 7 heteroatoms. The van der Waals surface area contributed by atoms with Crippen molar-refractivity contribution in [3.8, 4) is 16.9 Å². The van der Waals surface area contributed by atoms with Crippen molar-refractivity contribution < 1.29 is 13.9 Å². The van der Waals surface area contributed by atoms with Crippen LogP contribution in [0.25, 0.3) is 11.1 Å². The van der Waals surface area contributed by atoms with Gasteiger partial charge in [-0.05, 0) is 53.2 Å². The molecule has 0 bridgehead atoms. The molecule has 0 spiro atoms. The largest absolute Gasteiger partial charge is 0.484 e. The van der Waals surface area contributed by atoms with Crippen LogP contribution in [0.15, 0.2) is 78.9 Å². The minimum absolute atomic E-state index is 0.155. The Labute approximate surface area is 173 Å². The molecule has 0 heterocycles. The van der Waals surface area contributed by atoms with Crippen molar-refractivity contribution in [3.05, 3.63) is 90.2 Å². The van der Waals surface area contributed by atoms with E-state index in [1.165, 1.54) is 12.1 Å². The van der Waals surface area contributed by atoms with E-state index in [0.717, 1.165) is 16.7 Å². The number of hydrazine groups is 1. The molecular weight excluding hydrogens is 389 g/mol. The van der Waals surface area contributed by atoms with Crippen molar-refractivity contribution in [2.75, 3.05) is 6.61 Å². The molecule has 3 aromatic rings. The molecule has 0 unspecified atom stereocenters. The molecule has 0 aromatic heterocycles. The van der Waals surface area contributed by atoms with Crippen LogP contribution >= 0.6 is 12.2 Å². The highest BCUT2D eigenvalue weighted by atomic mass is 32.1. The lowest BCUT2D eigenvalue weighted by atomic mass is 10.1. The van der Waals surface area contributed by atoms with Crippen LogP contribution in [-0.2, 0) is 11.3 Å². The Balaban J connectivity index is 1.37. The maximum absolute atomic E-state index is 12.9. The summed E-state index contributed by atoms with van der Waals surface area (Å²) >= 11 is 5.08. The third-order valence-electron chi connectivity index (χ3n) is 4.01. The third kappa shape index (κ3) is 6.58. The van der Waals surface area contributed by atoms with Crippen molar-refractivity contribution in [1.29, 1.82) is 0 Å². The molecule has 0 aliphatic rings. The van der Waals surface area contributed by atoms with E-state index in [4.69, 9.17) is 17.0 Å². The number of hydrogen-bond acceptors (Lipinski definition) is 3. The van der Waals surface area contributed by atoms with Gasteiger partial charge >= 0.3 is 0 Å². The first-order valence-corrected chi connectivity index (χ1v) is 9.36. The molecule has 5 nitrogen and oxygen atoms in total. The summed E-state index contributed by atoms with van der Waals surface area (Å²) in [6.07, 6.45) is 0. The van der Waals surface area contributed by atoms with Gasteiger partial charge in [-0.1, -0.05) is 54.6 Å². The predicted molar refractivity (Wildman–Crippen MR) is 114 cm³/mol. The molecular formula is C22H20FN3O2S. The lowest BCUT2D eigenvalue weighted by molar-refractivity contribution is -0.123. The number of carbonyl (C=O) groups excluding carboxylic acids is 1. The highest BCUT2D eigenvalue weighted by Crippen LogP contribution is 2.21. The summed E-state index contributed by atoms with van der Waals surface area (Å²) < 4.78 is 18.4. The van der Waals surface area contributed by atoms with Crippen molar-refractivity contribution in [2.24, 2.45) is 0 Å². The molecule has 0 saturated heterocycles. The number of thiocarbonyl (C=S) groups is 1. The molecule has 0 radical (unpaired) electrons. The first kappa shape index (κ1) is 20.3. The Bertz CT molecular complexity index is 948. The van der Waals surface area contributed by atoms with Crippen molar-refractivity contribution >= 4 is 23.2 Å². The quantitative estimate of drug-likeness (QED) is 0.429. The second-order valence-corrected chi connectivity index (χ2v) is 6.57. The Kier molecular flexibility index (Phi) is 7.13. The summed E-state index contributed by atoms with van der Waals surface area (Å²) in [7, 11) is 0. The number of carbonyl (C=O) groups is 1. The van der Waals surface area contributed by atoms with Crippen molar-refractivity contribution in [3.63, 3.8) is 0 Å². The number of ether oxygens (including phenoxy) is 1. The van der Waals surface area contributed by atoms with Gasteiger partial charge in [-0.2, -0.15) is 0 Å². The standard InChI is InChI=1S/C22H20FN3O2S/c23-19-10-6-16(7-11-19)14-24-22(29)26-25-21(27)15-28-20-12-8-18(9-13-20)17-4-2-1-3-5-17/h1-13H,14-15H2,(H,25,27)(H2,24,26,29). The molecule has 0 saturated carbocycles. The van der Waals surface area contributed by atoms with E-state index in [1.54, 1.807) is 12.1 Å². The summed E-state index contributed by atoms with van der Waals surface area (Å²) in [5, 5.41) is 3.16. The van der Waals surface area contributed by atoms with E-state index >= 15 is 0 Å². The van der Waals surface area contributed by atoms with Crippen LogP contribution < -0.4 is 20.9 Å². The lowest BCUT2D eigenvalue weighted by Crippen LogP contribution is -2.48. The average Bonchev–Trinajstić information content (AvgIpc) is 2.77. The van der Waals surface area contributed by atoms with Gasteiger partial charge < -0.3 is 10.1 Å². The van der Waals surface area contributed by atoms with E-state index < -0.39 is 0 Å². The molecule has 3 aromatic carbocycles. The zero-order valence-electron chi connectivity index (χ0n) is 15.5. The Morgan fingerprint density at radius 3 is 2.21 bits per heavy atom. The van der Waals surface area contributed by atoms with Gasteiger partial charge in [0.25, 0.3) is 5.91 Å². The first-order valence-electron chi connectivity index (χ1n) is 8.95. The van der Waals surface area contributed by atoms with Gasteiger partial charge in [-0.25, -0.2) is 4.39 Å². The van der Waals surface area contributed by atoms with Gasteiger partial charge in [0.2, 0.25) is 0 Å². The summed E-state index contributed by atoms with van der Waals surface area (Å²) in [6, 6.07) is 23.6. The maximum Gasteiger partial charge on any atom is 0.276 e. The van der Waals surface area contributed by atoms with Crippen molar-refractivity contribution in [2.45, 2.75) is 6.54 Å². The predicted octanol–water partition coefficient (Wildman–Crippen LogP) is 3.57. The second-order valence-electron chi connectivity index (χ2n) is 6.16. The molecule has 0 aliphatic carbocycles. The first-order chi connectivity index (χ1) is 14.1.